The maximum Gasteiger partial charge on any atom is 0.257 e. The van der Waals surface area contributed by atoms with Crippen molar-refractivity contribution in [3.05, 3.63) is 40.9 Å². The van der Waals surface area contributed by atoms with Crippen molar-refractivity contribution >= 4 is 22.4 Å². The van der Waals surface area contributed by atoms with Crippen molar-refractivity contribution in [1.82, 2.24) is 10.3 Å². The molecule has 2 N–H and O–H groups in total. The fraction of sp³-hybridized carbons (Fsp3) is 0.412. The summed E-state index contributed by atoms with van der Waals surface area (Å²) in [7, 11) is 0. The number of aromatic nitrogens is 1. The summed E-state index contributed by atoms with van der Waals surface area (Å²) < 4.78 is 5.77. The number of nitrogens with one attached hydrogen (secondary N) is 2. The van der Waals surface area contributed by atoms with Gasteiger partial charge in [0.1, 0.15) is 5.75 Å². The number of nitrogens with zero attached hydrogens (tertiary/aromatic N) is 1. The number of thiazole rings is 1. The second-order valence-corrected chi connectivity index (χ2v) is 6.75. The third kappa shape index (κ3) is 5.65. The Morgan fingerprint density at radius 2 is 2.04 bits per heavy atom. The topological polar surface area (TPSA) is 63.2 Å². The Hall–Kier alpha value is -1.92. The Kier molecular flexibility index (Phi) is 6.12. The standard InChI is InChI=1S/C17H23N3O2S/c1-11(2)19-10-13-7-14(9-15(8-13)22-12(3)4)16(21)20-17-18-5-6-23-17/h5-9,11-12,19H,10H2,1-4H3,(H,18,20,21). The number of carbonyl (C=O) groups excluding carboxylic acids is 1. The quantitative estimate of drug-likeness (QED) is 0.811. The van der Waals surface area contributed by atoms with Crippen LogP contribution >= 0.6 is 11.3 Å². The monoisotopic (exact) mass is 333 g/mol. The summed E-state index contributed by atoms with van der Waals surface area (Å²) in [6, 6.07) is 5.99. The van der Waals surface area contributed by atoms with Gasteiger partial charge in [0.05, 0.1) is 6.10 Å². The molecule has 0 spiro atoms. The van der Waals surface area contributed by atoms with Crippen LogP contribution in [0.4, 0.5) is 5.13 Å². The predicted octanol–water partition coefficient (Wildman–Crippen LogP) is 3.68. The fourth-order valence-corrected chi connectivity index (χ4v) is 2.53. The number of anilines is 1. The lowest BCUT2D eigenvalue weighted by Gasteiger charge is -2.14. The Balaban J connectivity index is 2.21. The Morgan fingerprint density at radius 3 is 2.65 bits per heavy atom. The van der Waals surface area contributed by atoms with Crippen LogP contribution in [-0.4, -0.2) is 23.0 Å². The van der Waals surface area contributed by atoms with Crippen LogP contribution in [0.15, 0.2) is 29.8 Å². The van der Waals surface area contributed by atoms with E-state index in [0.717, 1.165) is 5.56 Å². The van der Waals surface area contributed by atoms with Gasteiger partial charge in [0.15, 0.2) is 5.13 Å². The van der Waals surface area contributed by atoms with Gasteiger partial charge in [-0.3, -0.25) is 10.1 Å². The number of hydrogen-bond donors (Lipinski definition) is 2. The lowest BCUT2D eigenvalue weighted by molar-refractivity contribution is 0.102. The number of rotatable bonds is 7. The van der Waals surface area contributed by atoms with E-state index < -0.39 is 0 Å². The average Bonchev–Trinajstić information content (AvgIpc) is 2.97. The van der Waals surface area contributed by atoms with E-state index in [1.54, 1.807) is 12.3 Å². The fourth-order valence-electron chi connectivity index (χ4n) is 2.01. The van der Waals surface area contributed by atoms with Crippen molar-refractivity contribution in [2.45, 2.75) is 46.4 Å². The van der Waals surface area contributed by atoms with Gasteiger partial charge in [0.25, 0.3) is 5.91 Å². The van der Waals surface area contributed by atoms with Crippen molar-refractivity contribution in [1.29, 1.82) is 0 Å². The number of benzene rings is 1. The second kappa shape index (κ2) is 8.08. The lowest BCUT2D eigenvalue weighted by atomic mass is 10.1. The lowest BCUT2D eigenvalue weighted by Crippen LogP contribution is -2.22. The molecule has 0 aliphatic heterocycles. The van der Waals surface area contributed by atoms with Gasteiger partial charge in [-0.25, -0.2) is 4.98 Å². The van der Waals surface area contributed by atoms with Crippen molar-refractivity contribution in [3.63, 3.8) is 0 Å². The molecule has 1 heterocycles. The summed E-state index contributed by atoms with van der Waals surface area (Å²) in [6.07, 6.45) is 1.72. The molecule has 0 aliphatic rings. The van der Waals surface area contributed by atoms with Gasteiger partial charge in [-0.2, -0.15) is 0 Å². The van der Waals surface area contributed by atoms with E-state index in [1.807, 2.05) is 31.4 Å². The molecule has 5 nitrogen and oxygen atoms in total. The van der Waals surface area contributed by atoms with Crippen molar-refractivity contribution in [2.75, 3.05) is 5.32 Å². The third-order valence-corrected chi connectivity index (χ3v) is 3.66. The van der Waals surface area contributed by atoms with Gasteiger partial charge < -0.3 is 10.1 Å². The zero-order valence-electron chi connectivity index (χ0n) is 13.9. The Morgan fingerprint density at radius 1 is 1.26 bits per heavy atom. The third-order valence-electron chi connectivity index (χ3n) is 2.97. The first kappa shape index (κ1) is 17.4. The van der Waals surface area contributed by atoms with Crippen LogP contribution in [0.2, 0.25) is 0 Å². The molecule has 0 atom stereocenters. The molecule has 0 radical (unpaired) electrons. The second-order valence-electron chi connectivity index (χ2n) is 5.86. The zero-order chi connectivity index (χ0) is 16.8. The smallest absolute Gasteiger partial charge is 0.257 e. The molecule has 6 heteroatoms. The minimum Gasteiger partial charge on any atom is -0.491 e. The highest BCUT2D eigenvalue weighted by atomic mass is 32.1. The maximum atomic E-state index is 12.4. The van der Waals surface area contributed by atoms with Crippen molar-refractivity contribution < 1.29 is 9.53 Å². The molecule has 1 aromatic carbocycles. The van der Waals surface area contributed by atoms with E-state index in [0.29, 0.717) is 29.0 Å². The van der Waals surface area contributed by atoms with Crippen molar-refractivity contribution in [2.24, 2.45) is 0 Å². The van der Waals surface area contributed by atoms with E-state index in [1.165, 1.54) is 11.3 Å². The summed E-state index contributed by atoms with van der Waals surface area (Å²) in [4.78, 5) is 16.5. The molecule has 124 valence electrons. The number of carbonyl (C=O) groups is 1. The molecule has 0 unspecified atom stereocenters. The molecule has 1 amide bonds. The molecule has 0 saturated heterocycles. The highest BCUT2D eigenvalue weighted by molar-refractivity contribution is 7.13. The largest absolute Gasteiger partial charge is 0.491 e. The van der Waals surface area contributed by atoms with Gasteiger partial charge in [0.2, 0.25) is 0 Å². The summed E-state index contributed by atoms with van der Waals surface area (Å²) in [5, 5.41) is 8.57. The normalized spacial score (nSPS) is 11.0. The maximum absolute atomic E-state index is 12.4. The van der Waals surface area contributed by atoms with Crippen LogP contribution < -0.4 is 15.4 Å². The van der Waals surface area contributed by atoms with E-state index in [2.05, 4.69) is 29.5 Å². The molecule has 1 aromatic heterocycles. The predicted molar refractivity (Wildman–Crippen MR) is 94.2 cm³/mol. The summed E-state index contributed by atoms with van der Waals surface area (Å²) in [6.45, 7) is 8.79. The van der Waals surface area contributed by atoms with Crippen LogP contribution in [0.3, 0.4) is 0 Å². The molecule has 2 aromatic rings. The van der Waals surface area contributed by atoms with E-state index in [-0.39, 0.29) is 12.0 Å². The van der Waals surface area contributed by atoms with Gasteiger partial charge in [-0.15, -0.1) is 11.3 Å². The van der Waals surface area contributed by atoms with Crippen LogP contribution in [0, 0.1) is 0 Å². The summed E-state index contributed by atoms with van der Waals surface area (Å²) in [5.41, 5.74) is 1.58. The Bertz CT molecular complexity index is 639. The highest BCUT2D eigenvalue weighted by Gasteiger charge is 2.12. The van der Waals surface area contributed by atoms with Gasteiger partial charge >= 0.3 is 0 Å². The first-order chi connectivity index (χ1) is 10.9. The summed E-state index contributed by atoms with van der Waals surface area (Å²) >= 11 is 1.39. The van der Waals surface area contributed by atoms with Crippen LogP contribution in [0.1, 0.15) is 43.6 Å². The summed E-state index contributed by atoms with van der Waals surface area (Å²) in [5.74, 6) is 0.521. The Labute approximate surface area is 141 Å². The molecule has 0 bridgehead atoms. The number of hydrogen-bond acceptors (Lipinski definition) is 5. The SMILES string of the molecule is CC(C)NCc1cc(OC(C)C)cc(C(=O)Nc2nccs2)c1. The molecule has 0 fully saturated rings. The van der Waals surface area contributed by atoms with Crippen molar-refractivity contribution in [3.8, 4) is 5.75 Å². The van der Waals surface area contributed by atoms with Gasteiger partial charge in [-0.05, 0) is 37.6 Å². The molecule has 2 rings (SSSR count). The zero-order valence-corrected chi connectivity index (χ0v) is 14.7. The van der Waals surface area contributed by atoms with Gasteiger partial charge in [-0.1, -0.05) is 13.8 Å². The van der Waals surface area contributed by atoms with E-state index >= 15 is 0 Å². The van der Waals surface area contributed by atoms with Crippen LogP contribution in [-0.2, 0) is 6.54 Å². The highest BCUT2D eigenvalue weighted by Crippen LogP contribution is 2.20. The first-order valence-electron chi connectivity index (χ1n) is 7.69. The minimum absolute atomic E-state index is 0.0539. The average molecular weight is 333 g/mol. The van der Waals surface area contributed by atoms with E-state index in [4.69, 9.17) is 4.74 Å². The molecule has 0 saturated carbocycles. The molecule has 0 aliphatic carbocycles. The minimum atomic E-state index is -0.181. The molecule has 23 heavy (non-hydrogen) atoms. The van der Waals surface area contributed by atoms with Gasteiger partial charge in [0, 0.05) is 29.7 Å². The first-order valence-corrected chi connectivity index (χ1v) is 8.57. The number of ether oxygens (including phenoxy) is 1. The van der Waals surface area contributed by atoms with E-state index in [9.17, 15) is 4.79 Å². The number of amides is 1. The molecular formula is C17H23N3O2S. The van der Waals surface area contributed by atoms with Crippen LogP contribution in [0.5, 0.6) is 5.75 Å². The van der Waals surface area contributed by atoms with Crippen LogP contribution in [0.25, 0.3) is 0 Å². The molecular weight excluding hydrogens is 310 g/mol.